The standard InChI is InChI=1S/C19H23NO3/c1-3-19(2,22)15-20(17-12-8-5-9-13-17)18(21)23-14-16-10-6-4-7-11-16/h4-13,22H,3,14-15H2,1-2H3. The number of nitrogens with zero attached hydrogens (tertiary/aromatic N) is 1. The van der Waals surface area contributed by atoms with E-state index in [-0.39, 0.29) is 13.2 Å². The zero-order chi connectivity index (χ0) is 16.7. The Kier molecular flexibility index (Phi) is 5.77. The Bertz CT molecular complexity index is 611. The summed E-state index contributed by atoms with van der Waals surface area (Å²) in [4.78, 5) is 14.0. The summed E-state index contributed by atoms with van der Waals surface area (Å²) in [6.07, 6.45) is 0.0799. The van der Waals surface area contributed by atoms with Gasteiger partial charge < -0.3 is 9.84 Å². The van der Waals surface area contributed by atoms with Gasteiger partial charge in [0.25, 0.3) is 0 Å². The Hall–Kier alpha value is -2.33. The van der Waals surface area contributed by atoms with Crippen molar-refractivity contribution in [2.45, 2.75) is 32.5 Å². The Morgan fingerprint density at radius 2 is 1.65 bits per heavy atom. The van der Waals surface area contributed by atoms with Gasteiger partial charge in [-0.05, 0) is 31.0 Å². The van der Waals surface area contributed by atoms with E-state index in [2.05, 4.69) is 0 Å². The van der Waals surface area contributed by atoms with Crippen molar-refractivity contribution in [1.29, 1.82) is 0 Å². The molecule has 1 unspecified atom stereocenters. The van der Waals surface area contributed by atoms with Crippen molar-refractivity contribution in [3.05, 3.63) is 66.2 Å². The lowest BCUT2D eigenvalue weighted by Crippen LogP contribution is -2.44. The monoisotopic (exact) mass is 313 g/mol. The largest absolute Gasteiger partial charge is 0.444 e. The van der Waals surface area contributed by atoms with Crippen molar-refractivity contribution in [2.75, 3.05) is 11.4 Å². The van der Waals surface area contributed by atoms with Gasteiger partial charge in [0.05, 0.1) is 12.1 Å². The molecule has 0 spiro atoms. The number of hydrogen-bond donors (Lipinski definition) is 1. The van der Waals surface area contributed by atoms with Gasteiger partial charge in [-0.25, -0.2) is 4.79 Å². The van der Waals surface area contributed by atoms with E-state index in [9.17, 15) is 9.90 Å². The van der Waals surface area contributed by atoms with E-state index in [1.54, 1.807) is 6.92 Å². The van der Waals surface area contributed by atoms with Gasteiger partial charge in [0.15, 0.2) is 0 Å². The van der Waals surface area contributed by atoms with Crippen molar-refractivity contribution in [2.24, 2.45) is 0 Å². The van der Waals surface area contributed by atoms with Crippen molar-refractivity contribution in [3.8, 4) is 0 Å². The highest BCUT2D eigenvalue weighted by atomic mass is 16.6. The molecule has 2 rings (SSSR count). The number of rotatable bonds is 6. The molecule has 0 saturated carbocycles. The molecule has 0 aliphatic carbocycles. The third-order valence-electron chi connectivity index (χ3n) is 3.75. The van der Waals surface area contributed by atoms with Gasteiger partial charge in [-0.3, -0.25) is 4.90 Å². The number of aliphatic hydroxyl groups is 1. The fraction of sp³-hybridized carbons (Fsp3) is 0.316. The van der Waals surface area contributed by atoms with Crippen LogP contribution in [0.4, 0.5) is 10.5 Å². The number of ether oxygens (including phenoxy) is 1. The minimum Gasteiger partial charge on any atom is -0.444 e. The van der Waals surface area contributed by atoms with E-state index in [0.29, 0.717) is 12.1 Å². The molecule has 2 aromatic carbocycles. The highest BCUT2D eigenvalue weighted by Crippen LogP contribution is 2.20. The lowest BCUT2D eigenvalue weighted by atomic mass is 10.0. The van der Waals surface area contributed by atoms with E-state index in [0.717, 1.165) is 5.56 Å². The molecule has 0 aliphatic rings. The van der Waals surface area contributed by atoms with Crippen LogP contribution >= 0.6 is 0 Å². The summed E-state index contributed by atoms with van der Waals surface area (Å²) in [5, 5.41) is 10.3. The van der Waals surface area contributed by atoms with E-state index in [4.69, 9.17) is 4.74 Å². The predicted molar refractivity (Wildman–Crippen MR) is 91.3 cm³/mol. The molecule has 1 N–H and O–H groups in total. The van der Waals surface area contributed by atoms with Crippen LogP contribution in [0.3, 0.4) is 0 Å². The lowest BCUT2D eigenvalue weighted by molar-refractivity contribution is 0.0599. The first-order valence-corrected chi connectivity index (χ1v) is 7.77. The van der Waals surface area contributed by atoms with Crippen LogP contribution < -0.4 is 4.90 Å². The number of para-hydroxylation sites is 1. The molecule has 0 bridgehead atoms. The molecule has 0 radical (unpaired) electrons. The number of anilines is 1. The second-order valence-electron chi connectivity index (χ2n) is 5.81. The molecule has 4 heteroatoms. The summed E-state index contributed by atoms with van der Waals surface area (Å²) in [6, 6.07) is 18.8. The maximum Gasteiger partial charge on any atom is 0.414 e. The highest BCUT2D eigenvalue weighted by Gasteiger charge is 2.27. The molecule has 2 aromatic rings. The molecule has 1 amide bonds. The van der Waals surface area contributed by atoms with Crippen LogP contribution in [0.2, 0.25) is 0 Å². The molecule has 0 aromatic heterocycles. The van der Waals surface area contributed by atoms with E-state index in [1.807, 2.05) is 67.6 Å². The van der Waals surface area contributed by atoms with Gasteiger partial charge in [0.1, 0.15) is 6.61 Å². The number of benzene rings is 2. The van der Waals surface area contributed by atoms with Gasteiger partial charge in [0.2, 0.25) is 0 Å². The zero-order valence-corrected chi connectivity index (χ0v) is 13.6. The fourth-order valence-electron chi connectivity index (χ4n) is 2.12. The van der Waals surface area contributed by atoms with Gasteiger partial charge in [-0.15, -0.1) is 0 Å². The molecule has 122 valence electrons. The second kappa shape index (κ2) is 7.79. The molecular formula is C19H23NO3. The Labute approximate surface area is 137 Å². The van der Waals surface area contributed by atoms with Crippen LogP contribution in [-0.2, 0) is 11.3 Å². The molecule has 1 atom stereocenters. The lowest BCUT2D eigenvalue weighted by Gasteiger charge is -2.30. The zero-order valence-electron chi connectivity index (χ0n) is 13.6. The third kappa shape index (κ3) is 5.11. The first-order valence-electron chi connectivity index (χ1n) is 7.77. The van der Waals surface area contributed by atoms with Crippen LogP contribution in [0.25, 0.3) is 0 Å². The van der Waals surface area contributed by atoms with Crippen molar-refractivity contribution < 1.29 is 14.6 Å². The SMILES string of the molecule is CCC(C)(O)CN(C(=O)OCc1ccccc1)c1ccccc1. The molecule has 4 nitrogen and oxygen atoms in total. The molecule has 0 heterocycles. The van der Waals surface area contributed by atoms with Gasteiger partial charge in [-0.2, -0.15) is 0 Å². The van der Waals surface area contributed by atoms with Crippen LogP contribution in [-0.4, -0.2) is 23.3 Å². The summed E-state index contributed by atoms with van der Waals surface area (Å²) in [6.45, 7) is 3.99. The summed E-state index contributed by atoms with van der Waals surface area (Å²) in [7, 11) is 0. The molecular weight excluding hydrogens is 290 g/mol. The maximum atomic E-state index is 12.5. The highest BCUT2D eigenvalue weighted by molar-refractivity contribution is 5.87. The topological polar surface area (TPSA) is 49.8 Å². The first-order chi connectivity index (χ1) is 11.0. The Morgan fingerprint density at radius 3 is 2.22 bits per heavy atom. The normalized spacial score (nSPS) is 13.2. The average molecular weight is 313 g/mol. The first kappa shape index (κ1) is 17.0. The van der Waals surface area contributed by atoms with E-state index >= 15 is 0 Å². The van der Waals surface area contributed by atoms with E-state index in [1.165, 1.54) is 4.90 Å². The van der Waals surface area contributed by atoms with Crippen LogP contribution in [0.1, 0.15) is 25.8 Å². The third-order valence-corrected chi connectivity index (χ3v) is 3.75. The summed E-state index contributed by atoms with van der Waals surface area (Å²) < 4.78 is 5.41. The summed E-state index contributed by atoms with van der Waals surface area (Å²) in [5.74, 6) is 0. The second-order valence-corrected chi connectivity index (χ2v) is 5.81. The number of carbonyl (C=O) groups excluding carboxylic acids is 1. The summed E-state index contributed by atoms with van der Waals surface area (Å²) >= 11 is 0. The van der Waals surface area contributed by atoms with Crippen molar-refractivity contribution >= 4 is 11.8 Å². The maximum absolute atomic E-state index is 12.5. The number of amides is 1. The quantitative estimate of drug-likeness (QED) is 0.877. The minimum atomic E-state index is -0.971. The predicted octanol–water partition coefficient (Wildman–Crippen LogP) is 3.99. The average Bonchev–Trinajstić information content (AvgIpc) is 2.59. The van der Waals surface area contributed by atoms with E-state index < -0.39 is 11.7 Å². The number of carbonyl (C=O) groups is 1. The van der Waals surface area contributed by atoms with Crippen LogP contribution in [0.5, 0.6) is 0 Å². The fourth-order valence-corrected chi connectivity index (χ4v) is 2.12. The minimum absolute atomic E-state index is 0.182. The summed E-state index contributed by atoms with van der Waals surface area (Å²) in [5.41, 5.74) is 0.664. The molecule has 23 heavy (non-hydrogen) atoms. The molecule has 0 fully saturated rings. The Morgan fingerprint density at radius 1 is 1.09 bits per heavy atom. The van der Waals surface area contributed by atoms with Gasteiger partial charge in [0, 0.05) is 5.69 Å². The Balaban J connectivity index is 2.11. The van der Waals surface area contributed by atoms with Crippen molar-refractivity contribution in [1.82, 2.24) is 0 Å². The van der Waals surface area contributed by atoms with Crippen LogP contribution in [0.15, 0.2) is 60.7 Å². The van der Waals surface area contributed by atoms with Crippen molar-refractivity contribution in [3.63, 3.8) is 0 Å². The smallest absolute Gasteiger partial charge is 0.414 e. The van der Waals surface area contributed by atoms with Gasteiger partial charge >= 0.3 is 6.09 Å². The number of hydrogen-bond acceptors (Lipinski definition) is 3. The molecule has 0 saturated heterocycles. The molecule has 0 aliphatic heterocycles. The van der Waals surface area contributed by atoms with Gasteiger partial charge in [-0.1, -0.05) is 55.5 Å². The van der Waals surface area contributed by atoms with Crippen LogP contribution in [0, 0.1) is 0 Å².